The summed E-state index contributed by atoms with van der Waals surface area (Å²) in [5.41, 5.74) is 1.97. The number of nitrogens with one attached hydrogen (secondary N) is 1. The molecule has 162 valence electrons. The van der Waals surface area contributed by atoms with Crippen LogP contribution in [0.4, 0.5) is 19.0 Å². The molecule has 2 amide bonds. The lowest BCUT2D eigenvalue weighted by Crippen LogP contribution is -2.30. The van der Waals surface area contributed by atoms with Gasteiger partial charge >= 0.3 is 6.18 Å². The topological polar surface area (TPSA) is 84.4 Å². The maximum absolute atomic E-state index is 12.9. The van der Waals surface area contributed by atoms with Crippen LogP contribution in [0.15, 0.2) is 24.4 Å². The van der Waals surface area contributed by atoms with Crippen LogP contribution < -0.4 is 10.1 Å². The van der Waals surface area contributed by atoms with Gasteiger partial charge in [0.25, 0.3) is 5.91 Å². The molecule has 0 bridgehead atoms. The van der Waals surface area contributed by atoms with Crippen molar-refractivity contribution in [3.63, 3.8) is 0 Å². The van der Waals surface area contributed by atoms with E-state index in [4.69, 9.17) is 4.74 Å². The molecule has 0 aliphatic rings. The van der Waals surface area contributed by atoms with Gasteiger partial charge < -0.3 is 15.0 Å². The van der Waals surface area contributed by atoms with E-state index >= 15 is 0 Å². The Kier molecular flexibility index (Phi) is 7.01. The first kappa shape index (κ1) is 23.1. The lowest BCUT2D eigenvalue weighted by Gasteiger charge is -2.26. The fourth-order valence-corrected chi connectivity index (χ4v) is 2.75. The Morgan fingerprint density at radius 1 is 1.23 bits per heavy atom. The minimum atomic E-state index is -4.45. The molecule has 7 nitrogen and oxygen atoms in total. The van der Waals surface area contributed by atoms with Gasteiger partial charge in [0, 0.05) is 37.0 Å². The van der Waals surface area contributed by atoms with Crippen LogP contribution in [0.3, 0.4) is 0 Å². The predicted molar refractivity (Wildman–Crippen MR) is 104 cm³/mol. The van der Waals surface area contributed by atoms with Crippen molar-refractivity contribution in [2.24, 2.45) is 0 Å². The van der Waals surface area contributed by atoms with Gasteiger partial charge in [-0.2, -0.15) is 13.2 Å². The van der Waals surface area contributed by atoms with Crippen molar-refractivity contribution in [3.8, 4) is 5.88 Å². The summed E-state index contributed by atoms with van der Waals surface area (Å²) < 4.78 is 41.7. The minimum absolute atomic E-state index is 0.109. The Bertz CT molecular complexity index is 947. The van der Waals surface area contributed by atoms with E-state index in [0.29, 0.717) is 22.4 Å². The molecule has 30 heavy (non-hydrogen) atoms. The SMILES string of the molecule is CC(=O)Nc1cc(C(=O)N(C)C(C)c2cnc(OCC(F)(F)F)c(C)c2)cc(C)n1. The Labute approximate surface area is 172 Å². The van der Waals surface area contributed by atoms with E-state index in [1.807, 2.05) is 0 Å². The highest BCUT2D eigenvalue weighted by Crippen LogP contribution is 2.26. The van der Waals surface area contributed by atoms with Crippen molar-refractivity contribution < 1.29 is 27.5 Å². The maximum Gasteiger partial charge on any atom is 0.422 e. The summed E-state index contributed by atoms with van der Waals surface area (Å²) in [5.74, 6) is -0.449. The third-order valence-corrected chi connectivity index (χ3v) is 4.31. The standard InChI is InChI=1S/C20H23F3N4O3/c1-11-6-16(9-24-18(11)30-10-20(21,22)23)13(3)27(5)19(29)15-7-12(2)25-17(8-15)26-14(4)28/h6-9,13H,10H2,1-5H3,(H,25,26,28). The quantitative estimate of drug-likeness (QED) is 0.762. The molecule has 0 fully saturated rings. The van der Waals surface area contributed by atoms with Crippen LogP contribution in [0.5, 0.6) is 5.88 Å². The van der Waals surface area contributed by atoms with Crippen LogP contribution in [0.1, 0.15) is 47.1 Å². The lowest BCUT2D eigenvalue weighted by atomic mass is 10.1. The van der Waals surface area contributed by atoms with Crippen LogP contribution in [0.2, 0.25) is 0 Å². The first-order valence-corrected chi connectivity index (χ1v) is 9.07. The fraction of sp³-hybridized carbons (Fsp3) is 0.400. The second-order valence-electron chi connectivity index (χ2n) is 6.95. The van der Waals surface area contributed by atoms with Gasteiger partial charge in [-0.25, -0.2) is 9.97 Å². The molecule has 10 heteroatoms. The number of halogens is 3. The number of amides is 2. The van der Waals surface area contributed by atoms with Crippen molar-refractivity contribution in [1.29, 1.82) is 0 Å². The Hall–Kier alpha value is -3.17. The summed E-state index contributed by atoms with van der Waals surface area (Å²) in [6.07, 6.45) is -3.07. The Morgan fingerprint density at radius 2 is 1.90 bits per heavy atom. The third-order valence-electron chi connectivity index (χ3n) is 4.31. The smallest absolute Gasteiger partial charge is 0.422 e. The zero-order chi connectivity index (χ0) is 22.6. The number of rotatable bonds is 6. The lowest BCUT2D eigenvalue weighted by molar-refractivity contribution is -0.154. The summed E-state index contributed by atoms with van der Waals surface area (Å²) in [4.78, 5) is 33.8. The molecule has 0 aliphatic heterocycles. The number of nitrogens with zero attached hydrogens (tertiary/aromatic N) is 3. The van der Waals surface area contributed by atoms with Crippen molar-refractivity contribution in [1.82, 2.24) is 14.9 Å². The number of aryl methyl sites for hydroxylation is 2. The van der Waals surface area contributed by atoms with E-state index in [-0.39, 0.29) is 23.5 Å². The van der Waals surface area contributed by atoms with E-state index in [2.05, 4.69) is 15.3 Å². The van der Waals surface area contributed by atoms with Gasteiger partial charge in [0.1, 0.15) is 5.82 Å². The minimum Gasteiger partial charge on any atom is -0.468 e. The van der Waals surface area contributed by atoms with Crippen molar-refractivity contribution in [2.75, 3.05) is 19.0 Å². The summed E-state index contributed by atoms with van der Waals surface area (Å²) in [6.45, 7) is 4.98. The van der Waals surface area contributed by atoms with Gasteiger partial charge in [-0.3, -0.25) is 9.59 Å². The molecule has 0 aliphatic carbocycles. The van der Waals surface area contributed by atoms with Crippen molar-refractivity contribution >= 4 is 17.6 Å². The Morgan fingerprint density at radius 3 is 2.47 bits per heavy atom. The second-order valence-corrected chi connectivity index (χ2v) is 6.95. The molecule has 0 spiro atoms. The van der Waals surface area contributed by atoms with Crippen LogP contribution in [0.25, 0.3) is 0 Å². The van der Waals surface area contributed by atoms with Gasteiger partial charge in [0.2, 0.25) is 11.8 Å². The number of pyridine rings is 2. The maximum atomic E-state index is 12.9. The van der Waals surface area contributed by atoms with Crippen molar-refractivity contribution in [2.45, 2.75) is 39.9 Å². The van der Waals surface area contributed by atoms with Gasteiger partial charge in [0.05, 0.1) is 6.04 Å². The second kappa shape index (κ2) is 9.10. The van der Waals surface area contributed by atoms with Gasteiger partial charge in [-0.1, -0.05) is 0 Å². The number of hydrogen-bond acceptors (Lipinski definition) is 5. The van der Waals surface area contributed by atoms with Gasteiger partial charge in [0.15, 0.2) is 6.61 Å². The molecule has 2 rings (SSSR count). The highest BCUT2D eigenvalue weighted by molar-refractivity contribution is 5.96. The normalized spacial score (nSPS) is 12.3. The largest absolute Gasteiger partial charge is 0.468 e. The first-order valence-electron chi connectivity index (χ1n) is 9.07. The highest BCUT2D eigenvalue weighted by Gasteiger charge is 2.29. The summed E-state index contributed by atoms with van der Waals surface area (Å²) in [7, 11) is 1.60. The van der Waals surface area contributed by atoms with Crippen LogP contribution >= 0.6 is 0 Å². The van der Waals surface area contributed by atoms with E-state index in [0.717, 1.165) is 0 Å². The molecule has 0 saturated carbocycles. The fourth-order valence-electron chi connectivity index (χ4n) is 2.75. The first-order chi connectivity index (χ1) is 13.9. The molecule has 2 aromatic heterocycles. The summed E-state index contributed by atoms with van der Waals surface area (Å²) >= 11 is 0. The number of carbonyl (C=O) groups excluding carboxylic acids is 2. The zero-order valence-corrected chi connectivity index (χ0v) is 17.3. The number of hydrogen-bond donors (Lipinski definition) is 1. The number of ether oxygens (including phenoxy) is 1. The van der Waals surface area contributed by atoms with E-state index < -0.39 is 18.8 Å². The number of alkyl halides is 3. The van der Waals surface area contributed by atoms with Crippen LogP contribution in [0, 0.1) is 13.8 Å². The van der Waals surface area contributed by atoms with E-state index in [1.54, 1.807) is 40.0 Å². The molecule has 2 aromatic rings. The molecule has 0 aromatic carbocycles. The Balaban J connectivity index is 2.19. The van der Waals surface area contributed by atoms with Crippen molar-refractivity contribution in [3.05, 3.63) is 46.8 Å². The van der Waals surface area contributed by atoms with E-state index in [9.17, 15) is 22.8 Å². The van der Waals surface area contributed by atoms with Crippen LogP contribution in [-0.4, -0.2) is 46.5 Å². The third kappa shape index (κ3) is 6.16. The van der Waals surface area contributed by atoms with Gasteiger partial charge in [-0.05, 0) is 44.5 Å². The number of carbonyl (C=O) groups is 2. The average molecular weight is 424 g/mol. The highest BCUT2D eigenvalue weighted by atomic mass is 19.4. The number of anilines is 1. The molecular weight excluding hydrogens is 401 g/mol. The predicted octanol–water partition coefficient (Wildman–Crippen LogP) is 3.83. The van der Waals surface area contributed by atoms with Gasteiger partial charge in [-0.15, -0.1) is 0 Å². The molecule has 0 saturated heterocycles. The molecule has 1 atom stereocenters. The summed E-state index contributed by atoms with van der Waals surface area (Å²) in [5, 5.41) is 2.55. The molecule has 1 unspecified atom stereocenters. The van der Waals surface area contributed by atoms with E-state index in [1.165, 1.54) is 24.1 Å². The summed E-state index contributed by atoms with van der Waals surface area (Å²) in [6, 6.07) is 4.30. The van der Waals surface area contributed by atoms with Crippen LogP contribution in [-0.2, 0) is 4.79 Å². The molecule has 0 radical (unpaired) electrons. The average Bonchev–Trinajstić information content (AvgIpc) is 2.63. The zero-order valence-electron chi connectivity index (χ0n) is 17.3. The molecule has 2 heterocycles. The molecular formula is C20H23F3N4O3. The monoisotopic (exact) mass is 424 g/mol. The number of aromatic nitrogens is 2. The molecule has 1 N–H and O–H groups in total.